The zero-order chi connectivity index (χ0) is 18.1. The summed E-state index contributed by atoms with van der Waals surface area (Å²) in [5, 5.41) is 0. The Morgan fingerprint density at radius 1 is 1.08 bits per heavy atom. The molecule has 2 heterocycles. The van der Waals surface area contributed by atoms with Crippen LogP contribution in [0.5, 0.6) is 0 Å². The van der Waals surface area contributed by atoms with Crippen LogP contribution in [0.1, 0.15) is 53.5 Å². The van der Waals surface area contributed by atoms with Crippen LogP contribution in [-0.4, -0.2) is 28.8 Å². The van der Waals surface area contributed by atoms with Gasteiger partial charge in [-0.3, -0.25) is 4.79 Å². The number of Topliss-reactive ketones (excluding diaryl/α,β-unsaturated/α-hetero) is 1. The van der Waals surface area contributed by atoms with E-state index in [4.69, 9.17) is 4.98 Å². The van der Waals surface area contributed by atoms with Crippen molar-refractivity contribution >= 4 is 11.7 Å². The van der Waals surface area contributed by atoms with Crippen molar-refractivity contribution in [2.45, 2.75) is 46.0 Å². The highest BCUT2D eigenvalue weighted by Gasteiger charge is 2.28. The van der Waals surface area contributed by atoms with Crippen molar-refractivity contribution in [1.82, 2.24) is 9.97 Å². The number of fused-ring (bicyclic) bond motifs is 1. The van der Waals surface area contributed by atoms with Crippen molar-refractivity contribution in [2.24, 2.45) is 11.8 Å². The SMILES string of the molecule is Cc1nc(N2CCC(Cc3ccccc3)CC2)nc2c1C(=O)C[C@@H](C)C2. The number of hydrogen-bond acceptors (Lipinski definition) is 4. The molecule has 1 aromatic heterocycles. The first kappa shape index (κ1) is 17.2. The molecule has 1 aliphatic carbocycles. The van der Waals surface area contributed by atoms with Crippen LogP contribution in [0.15, 0.2) is 30.3 Å². The fourth-order valence-electron chi connectivity index (χ4n) is 4.37. The first-order valence-electron chi connectivity index (χ1n) is 9.79. The summed E-state index contributed by atoms with van der Waals surface area (Å²) in [4.78, 5) is 24.1. The Morgan fingerprint density at radius 2 is 1.81 bits per heavy atom. The number of piperidine rings is 1. The second-order valence-electron chi connectivity index (χ2n) is 7.99. The highest BCUT2D eigenvalue weighted by Crippen LogP contribution is 2.29. The van der Waals surface area contributed by atoms with Gasteiger partial charge in [-0.1, -0.05) is 37.3 Å². The van der Waals surface area contributed by atoms with E-state index in [1.807, 2.05) is 6.92 Å². The summed E-state index contributed by atoms with van der Waals surface area (Å²) in [5.41, 5.74) is 4.03. The van der Waals surface area contributed by atoms with E-state index in [0.29, 0.717) is 12.3 Å². The van der Waals surface area contributed by atoms with Crippen molar-refractivity contribution in [1.29, 1.82) is 0 Å². The quantitative estimate of drug-likeness (QED) is 0.840. The predicted molar refractivity (Wildman–Crippen MR) is 104 cm³/mol. The van der Waals surface area contributed by atoms with Crippen LogP contribution in [0.25, 0.3) is 0 Å². The van der Waals surface area contributed by atoms with Crippen LogP contribution in [0.2, 0.25) is 0 Å². The highest BCUT2D eigenvalue weighted by molar-refractivity contribution is 5.99. The lowest BCUT2D eigenvalue weighted by atomic mass is 9.86. The van der Waals surface area contributed by atoms with Gasteiger partial charge in [-0.15, -0.1) is 0 Å². The van der Waals surface area contributed by atoms with Crippen molar-refractivity contribution in [2.75, 3.05) is 18.0 Å². The largest absolute Gasteiger partial charge is 0.341 e. The molecule has 1 aromatic carbocycles. The van der Waals surface area contributed by atoms with Gasteiger partial charge in [0, 0.05) is 19.5 Å². The van der Waals surface area contributed by atoms with Crippen LogP contribution in [0.4, 0.5) is 5.95 Å². The number of aromatic nitrogens is 2. The normalized spacial score (nSPS) is 20.9. The number of hydrogen-bond donors (Lipinski definition) is 0. The summed E-state index contributed by atoms with van der Waals surface area (Å²) >= 11 is 0. The molecule has 4 nitrogen and oxygen atoms in total. The first-order valence-corrected chi connectivity index (χ1v) is 9.79. The Morgan fingerprint density at radius 3 is 2.54 bits per heavy atom. The average Bonchev–Trinajstić information content (AvgIpc) is 2.62. The minimum absolute atomic E-state index is 0.212. The van der Waals surface area contributed by atoms with Gasteiger partial charge in [-0.05, 0) is 50.0 Å². The lowest BCUT2D eigenvalue weighted by Crippen LogP contribution is -2.36. The van der Waals surface area contributed by atoms with Crippen molar-refractivity contribution in [3.63, 3.8) is 0 Å². The van der Waals surface area contributed by atoms with E-state index in [-0.39, 0.29) is 5.78 Å². The minimum Gasteiger partial charge on any atom is -0.341 e. The number of aryl methyl sites for hydroxylation is 1. The van der Waals surface area contributed by atoms with Gasteiger partial charge in [0.25, 0.3) is 0 Å². The molecule has 2 aromatic rings. The second-order valence-corrected chi connectivity index (χ2v) is 7.99. The summed E-state index contributed by atoms with van der Waals surface area (Å²) in [7, 11) is 0. The minimum atomic E-state index is 0.212. The van der Waals surface area contributed by atoms with Crippen LogP contribution >= 0.6 is 0 Å². The Bertz CT molecular complexity index is 795. The van der Waals surface area contributed by atoms with Crippen LogP contribution < -0.4 is 4.90 Å². The van der Waals surface area contributed by atoms with Gasteiger partial charge < -0.3 is 4.90 Å². The van der Waals surface area contributed by atoms with Gasteiger partial charge in [0.2, 0.25) is 5.95 Å². The zero-order valence-electron chi connectivity index (χ0n) is 15.7. The van der Waals surface area contributed by atoms with Gasteiger partial charge in [0.15, 0.2) is 5.78 Å². The molecule has 0 bridgehead atoms. The van der Waals surface area contributed by atoms with Crippen LogP contribution in [0.3, 0.4) is 0 Å². The molecular weight excluding hydrogens is 322 g/mol. The molecule has 136 valence electrons. The Labute approximate surface area is 155 Å². The molecule has 4 rings (SSSR count). The number of nitrogens with zero attached hydrogens (tertiary/aromatic N) is 3. The third-order valence-corrected chi connectivity index (χ3v) is 5.77. The monoisotopic (exact) mass is 349 g/mol. The Balaban J connectivity index is 1.45. The van der Waals surface area contributed by atoms with E-state index < -0.39 is 0 Å². The summed E-state index contributed by atoms with van der Waals surface area (Å²) < 4.78 is 0. The number of carbonyl (C=O) groups excluding carboxylic acids is 1. The maximum atomic E-state index is 12.3. The molecule has 1 fully saturated rings. The lowest BCUT2D eigenvalue weighted by molar-refractivity contribution is 0.0951. The van der Waals surface area contributed by atoms with E-state index in [9.17, 15) is 4.79 Å². The Hall–Kier alpha value is -2.23. The lowest BCUT2D eigenvalue weighted by Gasteiger charge is -2.33. The third kappa shape index (κ3) is 3.50. The van der Waals surface area contributed by atoms with E-state index in [1.165, 1.54) is 18.4 Å². The molecule has 0 spiro atoms. The third-order valence-electron chi connectivity index (χ3n) is 5.77. The summed E-state index contributed by atoms with van der Waals surface area (Å²) in [6, 6.07) is 10.8. The standard InChI is InChI=1S/C22H27N3O/c1-15-12-19-21(20(26)13-15)16(2)23-22(24-19)25-10-8-18(9-11-25)14-17-6-4-3-5-7-17/h3-7,15,18H,8-14H2,1-2H3/t15-/m0/s1. The molecule has 4 heteroatoms. The van der Waals surface area contributed by atoms with Gasteiger partial charge in [-0.25, -0.2) is 9.97 Å². The molecule has 0 saturated carbocycles. The average molecular weight is 349 g/mol. The van der Waals surface area contributed by atoms with E-state index in [1.54, 1.807) is 0 Å². The fourth-order valence-corrected chi connectivity index (χ4v) is 4.37. The van der Waals surface area contributed by atoms with Crippen molar-refractivity contribution < 1.29 is 4.79 Å². The van der Waals surface area contributed by atoms with Gasteiger partial charge >= 0.3 is 0 Å². The van der Waals surface area contributed by atoms with Crippen LogP contribution in [0, 0.1) is 18.8 Å². The molecule has 1 aliphatic heterocycles. The fraction of sp³-hybridized carbons (Fsp3) is 0.500. The second kappa shape index (κ2) is 7.18. The topological polar surface area (TPSA) is 46.1 Å². The highest BCUT2D eigenvalue weighted by atomic mass is 16.1. The molecule has 0 radical (unpaired) electrons. The maximum absolute atomic E-state index is 12.3. The molecule has 0 amide bonds. The smallest absolute Gasteiger partial charge is 0.225 e. The molecule has 0 N–H and O–H groups in total. The maximum Gasteiger partial charge on any atom is 0.225 e. The molecule has 0 unspecified atom stereocenters. The van der Waals surface area contributed by atoms with E-state index in [2.05, 4.69) is 47.1 Å². The number of rotatable bonds is 3. The number of benzene rings is 1. The van der Waals surface area contributed by atoms with Crippen molar-refractivity contribution in [3.05, 3.63) is 52.8 Å². The zero-order valence-corrected chi connectivity index (χ0v) is 15.7. The Kier molecular flexibility index (Phi) is 4.75. The van der Waals surface area contributed by atoms with Crippen LogP contribution in [-0.2, 0) is 12.8 Å². The van der Waals surface area contributed by atoms with Crippen molar-refractivity contribution in [3.8, 4) is 0 Å². The summed E-state index contributed by atoms with van der Waals surface area (Å²) in [6.45, 7) is 6.09. The molecule has 26 heavy (non-hydrogen) atoms. The predicted octanol–water partition coefficient (Wildman–Crippen LogP) is 4.01. The molecular formula is C22H27N3O. The molecule has 2 aliphatic rings. The van der Waals surface area contributed by atoms with Gasteiger partial charge in [-0.2, -0.15) is 0 Å². The van der Waals surface area contributed by atoms with Gasteiger partial charge in [0.1, 0.15) is 0 Å². The van der Waals surface area contributed by atoms with E-state index in [0.717, 1.165) is 54.7 Å². The van der Waals surface area contributed by atoms with E-state index >= 15 is 0 Å². The number of anilines is 1. The first-order chi connectivity index (χ1) is 12.6. The summed E-state index contributed by atoms with van der Waals surface area (Å²) in [5.74, 6) is 2.15. The molecule has 1 atom stereocenters. The molecule has 1 saturated heterocycles. The summed E-state index contributed by atoms with van der Waals surface area (Å²) in [6.07, 6.45) is 5.02. The van der Waals surface area contributed by atoms with Gasteiger partial charge in [0.05, 0.1) is 17.0 Å². The number of ketones is 1. The number of carbonyl (C=O) groups is 1.